The number of benzene rings is 1. The first-order valence-corrected chi connectivity index (χ1v) is 5.94. The number of aryl methyl sites for hydroxylation is 1. The van der Waals surface area contributed by atoms with E-state index in [1.54, 1.807) is 0 Å². The van der Waals surface area contributed by atoms with Crippen LogP contribution in [0.1, 0.15) is 17.5 Å². The largest absolute Gasteiger partial charge is 0.311 e. The second-order valence-electron chi connectivity index (χ2n) is 4.44. The lowest BCUT2D eigenvalue weighted by Gasteiger charge is -2.25. The number of nitrogens with one attached hydrogen (secondary N) is 1. The van der Waals surface area contributed by atoms with E-state index in [-0.39, 0.29) is 12.1 Å². The van der Waals surface area contributed by atoms with Gasteiger partial charge in [0.2, 0.25) is 0 Å². The SMILES string of the molecule is Cc1cccc(C#C/C=C2\CCNCC2(F)F)c1. The maximum absolute atomic E-state index is 13.5. The summed E-state index contributed by atoms with van der Waals surface area (Å²) >= 11 is 0. The fourth-order valence-electron chi connectivity index (χ4n) is 1.87. The molecule has 1 aliphatic heterocycles. The predicted octanol–water partition coefficient (Wildman–Crippen LogP) is 2.90. The summed E-state index contributed by atoms with van der Waals surface area (Å²) in [5.74, 6) is 2.86. The molecular formula is C15H15F2N. The van der Waals surface area contributed by atoms with Crippen molar-refractivity contribution in [2.24, 2.45) is 0 Å². The number of alkyl halides is 2. The summed E-state index contributed by atoms with van der Waals surface area (Å²) in [5.41, 5.74) is 2.09. The van der Waals surface area contributed by atoms with Gasteiger partial charge in [-0.15, -0.1) is 0 Å². The molecule has 0 aliphatic carbocycles. The Kier molecular flexibility index (Phi) is 3.78. The molecule has 94 valence electrons. The van der Waals surface area contributed by atoms with Gasteiger partial charge in [-0.05, 0) is 43.7 Å². The van der Waals surface area contributed by atoms with Crippen LogP contribution in [-0.4, -0.2) is 19.0 Å². The van der Waals surface area contributed by atoms with Crippen molar-refractivity contribution >= 4 is 0 Å². The molecule has 0 radical (unpaired) electrons. The molecule has 1 aliphatic rings. The number of halogens is 2. The molecular weight excluding hydrogens is 232 g/mol. The summed E-state index contributed by atoms with van der Waals surface area (Å²) in [6, 6.07) is 7.70. The van der Waals surface area contributed by atoms with Gasteiger partial charge in [-0.3, -0.25) is 0 Å². The average molecular weight is 247 g/mol. The molecule has 3 heteroatoms. The zero-order valence-electron chi connectivity index (χ0n) is 10.3. The summed E-state index contributed by atoms with van der Waals surface area (Å²) in [4.78, 5) is 0. The van der Waals surface area contributed by atoms with Crippen molar-refractivity contribution in [3.63, 3.8) is 0 Å². The van der Waals surface area contributed by atoms with Crippen molar-refractivity contribution < 1.29 is 8.78 Å². The maximum atomic E-state index is 13.5. The molecule has 1 saturated heterocycles. The molecule has 0 spiro atoms. The van der Waals surface area contributed by atoms with Crippen LogP contribution < -0.4 is 5.32 Å². The van der Waals surface area contributed by atoms with Crippen molar-refractivity contribution in [1.82, 2.24) is 5.32 Å². The highest BCUT2D eigenvalue weighted by molar-refractivity contribution is 5.40. The molecule has 0 bridgehead atoms. The number of hydrogen-bond donors (Lipinski definition) is 1. The van der Waals surface area contributed by atoms with E-state index >= 15 is 0 Å². The smallest absolute Gasteiger partial charge is 0.282 e. The monoisotopic (exact) mass is 247 g/mol. The fraction of sp³-hybridized carbons (Fsp3) is 0.333. The lowest BCUT2D eigenvalue weighted by atomic mass is 10.0. The number of hydrogen-bond acceptors (Lipinski definition) is 1. The molecule has 1 N–H and O–H groups in total. The van der Waals surface area contributed by atoms with Gasteiger partial charge in [0, 0.05) is 11.1 Å². The molecule has 18 heavy (non-hydrogen) atoms. The van der Waals surface area contributed by atoms with Crippen molar-refractivity contribution in [2.45, 2.75) is 19.3 Å². The average Bonchev–Trinajstić information content (AvgIpc) is 2.31. The van der Waals surface area contributed by atoms with Crippen LogP contribution in [0.2, 0.25) is 0 Å². The summed E-state index contributed by atoms with van der Waals surface area (Å²) < 4.78 is 26.9. The van der Waals surface area contributed by atoms with E-state index in [1.165, 1.54) is 6.08 Å². The quantitative estimate of drug-likeness (QED) is 0.695. The zero-order chi connectivity index (χ0) is 13.0. The van der Waals surface area contributed by atoms with E-state index in [2.05, 4.69) is 17.2 Å². The first-order valence-electron chi connectivity index (χ1n) is 5.94. The molecule has 0 atom stereocenters. The van der Waals surface area contributed by atoms with Gasteiger partial charge in [0.15, 0.2) is 0 Å². The van der Waals surface area contributed by atoms with Gasteiger partial charge in [-0.1, -0.05) is 24.0 Å². The third-order valence-corrected chi connectivity index (χ3v) is 2.87. The van der Waals surface area contributed by atoms with Crippen molar-refractivity contribution in [3.8, 4) is 11.8 Å². The standard InChI is InChI=1S/C15H15F2N/c1-12-4-2-5-13(10-12)6-3-7-14-8-9-18-11-15(14,16)17/h2,4-5,7,10,18H,8-9,11H2,1H3/b14-7+. The topological polar surface area (TPSA) is 12.0 Å². The van der Waals surface area contributed by atoms with Gasteiger partial charge < -0.3 is 5.32 Å². The minimum atomic E-state index is -2.76. The third kappa shape index (κ3) is 3.18. The van der Waals surface area contributed by atoms with Gasteiger partial charge in [0.25, 0.3) is 5.92 Å². The van der Waals surface area contributed by atoms with Crippen LogP contribution in [0.15, 0.2) is 35.9 Å². The molecule has 1 heterocycles. The van der Waals surface area contributed by atoms with Crippen LogP contribution in [0.4, 0.5) is 8.78 Å². The Hall–Kier alpha value is -1.66. The highest BCUT2D eigenvalue weighted by atomic mass is 19.3. The van der Waals surface area contributed by atoms with Crippen LogP contribution in [0.3, 0.4) is 0 Å². The molecule has 1 aromatic rings. The maximum Gasteiger partial charge on any atom is 0.282 e. The first kappa shape index (κ1) is 12.8. The Morgan fingerprint density at radius 1 is 1.39 bits per heavy atom. The Morgan fingerprint density at radius 3 is 2.94 bits per heavy atom. The van der Waals surface area contributed by atoms with Crippen molar-refractivity contribution in [1.29, 1.82) is 0 Å². The number of rotatable bonds is 0. The normalized spacial score (nSPS) is 20.3. The van der Waals surface area contributed by atoms with Crippen molar-refractivity contribution in [2.75, 3.05) is 13.1 Å². The van der Waals surface area contributed by atoms with E-state index in [1.807, 2.05) is 31.2 Å². The molecule has 0 saturated carbocycles. The molecule has 2 rings (SSSR count). The third-order valence-electron chi connectivity index (χ3n) is 2.87. The van der Waals surface area contributed by atoms with Crippen LogP contribution >= 0.6 is 0 Å². The van der Waals surface area contributed by atoms with Gasteiger partial charge in [0.05, 0.1) is 6.54 Å². The van der Waals surface area contributed by atoms with Gasteiger partial charge in [-0.25, -0.2) is 8.78 Å². The fourth-order valence-corrected chi connectivity index (χ4v) is 1.87. The second kappa shape index (κ2) is 5.32. The van der Waals surface area contributed by atoms with E-state index in [0.717, 1.165) is 11.1 Å². The molecule has 0 unspecified atom stereocenters. The Morgan fingerprint density at radius 2 is 2.22 bits per heavy atom. The lowest BCUT2D eigenvalue weighted by molar-refractivity contribution is 0.0285. The van der Waals surface area contributed by atoms with Crippen molar-refractivity contribution in [3.05, 3.63) is 47.0 Å². The molecule has 0 amide bonds. The zero-order valence-corrected chi connectivity index (χ0v) is 10.3. The van der Waals surface area contributed by atoms with Crippen LogP contribution in [0.25, 0.3) is 0 Å². The molecule has 0 aromatic heterocycles. The number of piperidine rings is 1. The summed E-state index contributed by atoms with van der Waals surface area (Å²) in [5, 5.41) is 2.68. The van der Waals surface area contributed by atoms with Gasteiger partial charge in [-0.2, -0.15) is 0 Å². The summed E-state index contributed by atoms with van der Waals surface area (Å²) in [6.45, 7) is 2.28. The number of allylic oxidation sites excluding steroid dienone is 1. The summed E-state index contributed by atoms with van der Waals surface area (Å²) in [6.07, 6.45) is 1.72. The molecule has 1 nitrogen and oxygen atoms in total. The predicted molar refractivity (Wildman–Crippen MR) is 68.6 cm³/mol. The Bertz CT molecular complexity index is 521. The lowest BCUT2D eigenvalue weighted by Crippen LogP contribution is -2.40. The summed E-state index contributed by atoms with van der Waals surface area (Å²) in [7, 11) is 0. The minimum Gasteiger partial charge on any atom is -0.311 e. The molecule has 1 fully saturated rings. The van der Waals surface area contributed by atoms with E-state index in [4.69, 9.17) is 0 Å². The Balaban J connectivity index is 2.15. The highest BCUT2D eigenvalue weighted by Gasteiger charge is 2.35. The van der Waals surface area contributed by atoms with Crippen LogP contribution in [-0.2, 0) is 0 Å². The minimum absolute atomic E-state index is 0.126. The van der Waals surface area contributed by atoms with Gasteiger partial charge >= 0.3 is 0 Å². The van der Waals surface area contributed by atoms with Crippen LogP contribution in [0, 0.1) is 18.8 Å². The highest BCUT2D eigenvalue weighted by Crippen LogP contribution is 2.28. The molecule has 1 aromatic carbocycles. The van der Waals surface area contributed by atoms with E-state index in [9.17, 15) is 8.78 Å². The first-order chi connectivity index (χ1) is 8.58. The van der Waals surface area contributed by atoms with Crippen LogP contribution in [0.5, 0.6) is 0 Å². The second-order valence-corrected chi connectivity index (χ2v) is 4.44. The van der Waals surface area contributed by atoms with Gasteiger partial charge in [0.1, 0.15) is 0 Å². The van der Waals surface area contributed by atoms with E-state index < -0.39 is 5.92 Å². The Labute approximate surface area is 106 Å². The van der Waals surface area contributed by atoms with E-state index in [0.29, 0.717) is 13.0 Å².